The summed E-state index contributed by atoms with van der Waals surface area (Å²) in [6.45, 7) is -2.03. The molecular formula is C27H31F23O12. The van der Waals surface area contributed by atoms with Crippen molar-refractivity contribution in [2.24, 2.45) is 0 Å². The van der Waals surface area contributed by atoms with Crippen molar-refractivity contribution in [2.75, 3.05) is 99.6 Å². The van der Waals surface area contributed by atoms with Crippen LogP contribution in [0.4, 0.5) is 101 Å². The largest absolute Gasteiger partial charge is 0.462 e. The summed E-state index contributed by atoms with van der Waals surface area (Å²) in [4.78, 5) is 11.7. The van der Waals surface area contributed by atoms with Gasteiger partial charge in [-0.3, -0.25) is 14.2 Å². The van der Waals surface area contributed by atoms with Gasteiger partial charge in [-0.15, -0.1) is 0 Å². The molecule has 0 aliphatic heterocycles. The minimum absolute atomic E-state index is 0.0598. The van der Waals surface area contributed by atoms with E-state index >= 15 is 0 Å². The van der Waals surface area contributed by atoms with Gasteiger partial charge in [-0.2, -0.15) is 101 Å². The SMILES string of the molecule is COCCOCCOCCOCCOCCOCCOCCOC(=O)C(F)(OC(F)(F)C(F)(OC(F)(F)C(F)(OC(F)(F)C(F)(F)C(F)(F)F)C(F)(F)F)C(F)(F)F)C(F)(F)F. The summed E-state index contributed by atoms with van der Waals surface area (Å²) in [5, 5.41) is 0. The molecule has 0 radical (unpaired) electrons. The number of carbonyl (C=O) groups is 1. The van der Waals surface area contributed by atoms with E-state index < -0.39 is 98.9 Å². The predicted octanol–water partition coefficient (Wildman–Crippen LogP) is 6.99. The zero-order valence-corrected chi connectivity index (χ0v) is 30.5. The highest BCUT2D eigenvalue weighted by atomic mass is 19.4. The Kier molecular flexibility index (Phi) is 22.1. The first-order chi connectivity index (χ1) is 27.9. The molecule has 62 heavy (non-hydrogen) atoms. The maximum Gasteiger partial charge on any atom is 0.462 e. The Morgan fingerprint density at radius 2 is 0.613 bits per heavy atom. The normalized spacial score (nSPS) is 17.1. The first-order valence-electron chi connectivity index (χ1n) is 15.9. The van der Waals surface area contributed by atoms with Crippen molar-refractivity contribution >= 4 is 5.97 Å². The van der Waals surface area contributed by atoms with Gasteiger partial charge >= 0.3 is 72.5 Å². The summed E-state index contributed by atoms with van der Waals surface area (Å²) >= 11 is 0. The fourth-order valence-electron chi connectivity index (χ4n) is 3.30. The zero-order valence-electron chi connectivity index (χ0n) is 30.5. The van der Waals surface area contributed by atoms with Gasteiger partial charge in [0.15, 0.2) is 0 Å². The molecule has 0 bridgehead atoms. The van der Waals surface area contributed by atoms with Crippen LogP contribution in [-0.4, -0.2) is 172 Å². The quantitative estimate of drug-likeness (QED) is 0.0405. The highest BCUT2D eigenvalue weighted by molar-refractivity contribution is 5.78. The number of rotatable bonds is 31. The van der Waals surface area contributed by atoms with Gasteiger partial charge in [0.25, 0.3) is 0 Å². The molecule has 3 unspecified atom stereocenters. The highest BCUT2D eigenvalue weighted by Crippen LogP contribution is 2.59. The number of alkyl halides is 23. The van der Waals surface area contributed by atoms with Crippen LogP contribution in [0.2, 0.25) is 0 Å². The van der Waals surface area contributed by atoms with Crippen LogP contribution in [0, 0.1) is 0 Å². The maximum absolute atomic E-state index is 14.6. The molecular weight excluding hydrogens is 953 g/mol. The molecule has 3 atom stereocenters. The monoisotopic (exact) mass is 984 g/mol. The third-order valence-electron chi connectivity index (χ3n) is 6.39. The lowest BCUT2D eigenvalue weighted by atomic mass is 10.2. The standard InChI is InChI=1S/C27H31F23O12/c1-52-2-3-53-4-5-54-6-7-55-8-9-56-10-11-57-12-13-58-14-15-59-16(51)17(28,21(33,34)35)60-26(47,48)19(31,23(39,40)41)62-27(49,50)20(32,24(42,43)44)61-25(45,46)18(29,30)22(36,37)38/h2-15H2,1H3. The van der Waals surface area contributed by atoms with Crippen LogP contribution in [0.15, 0.2) is 0 Å². The first kappa shape index (κ1) is 59.5. The molecule has 372 valence electrons. The van der Waals surface area contributed by atoms with Crippen LogP contribution in [0.1, 0.15) is 0 Å². The second kappa shape index (κ2) is 23.1. The van der Waals surface area contributed by atoms with Gasteiger partial charge in [-0.1, -0.05) is 0 Å². The van der Waals surface area contributed by atoms with Crippen LogP contribution in [-0.2, 0) is 56.9 Å². The molecule has 0 saturated carbocycles. The molecule has 0 aliphatic carbocycles. The molecule has 12 nitrogen and oxygen atoms in total. The van der Waals surface area contributed by atoms with E-state index in [0.717, 1.165) is 4.74 Å². The first-order valence-corrected chi connectivity index (χ1v) is 15.9. The average molecular weight is 984 g/mol. The lowest BCUT2D eigenvalue weighted by Gasteiger charge is -2.42. The second-order valence-electron chi connectivity index (χ2n) is 11.0. The molecule has 0 spiro atoms. The number of carbonyl (C=O) groups excluding carboxylic acids is 1. The molecule has 0 aromatic heterocycles. The van der Waals surface area contributed by atoms with Crippen molar-refractivity contribution in [2.45, 2.75) is 66.5 Å². The lowest BCUT2D eigenvalue weighted by molar-refractivity contribution is -0.578. The Bertz CT molecular complexity index is 1320. The number of methoxy groups -OCH3 is 1. The molecule has 0 aromatic rings. The third kappa shape index (κ3) is 15.9. The van der Waals surface area contributed by atoms with Crippen molar-refractivity contribution in [3.63, 3.8) is 0 Å². The summed E-state index contributed by atoms with van der Waals surface area (Å²) in [5.74, 6) is -36.9. The van der Waals surface area contributed by atoms with E-state index in [2.05, 4.69) is 9.47 Å². The van der Waals surface area contributed by atoms with Gasteiger partial charge in [0.2, 0.25) is 0 Å². The van der Waals surface area contributed by atoms with Gasteiger partial charge in [-0.05, 0) is 0 Å². The number of hydrogen-bond acceptors (Lipinski definition) is 12. The van der Waals surface area contributed by atoms with E-state index in [0.29, 0.717) is 26.4 Å². The molecule has 35 heteroatoms. The smallest absolute Gasteiger partial charge is 0.459 e. The summed E-state index contributed by atoms with van der Waals surface area (Å²) in [6, 6.07) is 0. The predicted molar refractivity (Wildman–Crippen MR) is 147 cm³/mol. The van der Waals surface area contributed by atoms with Gasteiger partial charge in [0.05, 0.1) is 85.9 Å². The summed E-state index contributed by atoms with van der Waals surface area (Å²) < 4.78 is 352. The Balaban J connectivity index is 5.53. The Morgan fingerprint density at radius 1 is 0.339 bits per heavy atom. The Morgan fingerprint density at radius 3 is 0.887 bits per heavy atom. The van der Waals surface area contributed by atoms with E-state index in [4.69, 9.17) is 28.4 Å². The van der Waals surface area contributed by atoms with Gasteiger partial charge in [-0.25, -0.2) is 4.79 Å². The summed E-state index contributed by atoms with van der Waals surface area (Å²) in [7, 11) is 1.50. The summed E-state index contributed by atoms with van der Waals surface area (Å²) in [6.07, 6.45) is -58.0. The van der Waals surface area contributed by atoms with Crippen LogP contribution >= 0.6 is 0 Å². The van der Waals surface area contributed by atoms with Crippen molar-refractivity contribution in [1.82, 2.24) is 0 Å². The summed E-state index contributed by atoms with van der Waals surface area (Å²) in [5.41, 5.74) is 0. The number of hydrogen-bond donors (Lipinski definition) is 0. The van der Waals surface area contributed by atoms with Crippen molar-refractivity contribution < 1.29 is 158 Å². The Hall–Kier alpha value is -2.54. The number of esters is 1. The van der Waals surface area contributed by atoms with Gasteiger partial charge in [0, 0.05) is 7.11 Å². The molecule has 0 saturated heterocycles. The minimum atomic E-state index is -8.80. The van der Waals surface area contributed by atoms with Crippen LogP contribution in [0.5, 0.6) is 0 Å². The van der Waals surface area contributed by atoms with Gasteiger partial charge in [0.1, 0.15) is 6.61 Å². The zero-order chi connectivity index (χ0) is 48.8. The fourth-order valence-corrected chi connectivity index (χ4v) is 3.30. The van der Waals surface area contributed by atoms with E-state index in [1.807, 2.05) is 0 Å². The topological polar surface area (TPSA) is 119 Å². The average Bonchev–Trinajstić information content (AvgIpc) is 3.09. The highest BCUT2D eigenvalue weighted by Gasteiger charge is 2.88. The van der Waals surface area contributed by atoms with Crippen molar-refractivity contribution in [3.8, 4) is 0 Å². The van der Waals surface area contributed by atoms with E-state index in [-0.39, 0.29) is 39.6 Å². The minimum Gasteiger partial charge on any atom is -0.459 e. The van der Waals surface area contributed by atoms with Crippen LogP contribution in [0.3, 0.4) is 0 Å². The molecule has 0 aliphatic rings. The van der Waals surface area contributed by atoms with E-state index in [9.17, 15) is 106 Å². The Labute approximate surface area is 330 Å². The molecule has 0 fully saturated rings. The number of ether oxygens (including phenoxy) is 11. The molecule has 0 amide bonds. The molecule has 0 N–H and O–H groups in total. The van der Waals surface area contributed by atoms with Gasteiger partial charge < -0.3 is 37.9 Å². The molecule has 0 rings (SSSR count). The van der Waals surface area contributed by atoms with Crippen LogP contribution < -0.4 is 0 Å². The van der Waals surface area contributed by atoms with E-state index in [1.165, 1.54) is 11.8 Å². The molecule has 0 heterocycles. The van der Waals surface area contributed by atoms with E-state index in [1.54, 1.807) is 4.74 Å². The second-order valence-corrected chi connectivity index (χ2v) is 11.0. The third-order valence-corrected chi connectivity index (χ3v) is 6.39. The number of halogens is 23. The maximum atomic E-state index is 14.6. The lowest BCUT2D eigenvalue weighted by Crippen LogP contribution is -2.70. The van der Waals surface area contributed by atoms with Crippen LogP contribution in [0.25, 0.3) is 0 Å². The van der Waals surface area contributed by atoms with Crippen molar-refractivity contribution in [1.29, 1.82) is 0 Å². The molecule has 0 aromatic carbocycles. The van der Waals surface area contributed by atoms with Crippen molar-refractivity contribution in [3.05, 3.63) is 0 Å². The fraction of sp³-hybridized carbons (Fsp3) is 0.963.